The van der Waals surface area contributed by atoms with Gasteiger partial charge in [0.1, 0.15) is 5.82 Å². The minimum Gasteiger partial charge on any atom is -0.313 e. The molecule has 2 rings (SSSR count). The van der Waals surface area contributed by atoms with Gasteiger partial charge in [-0.25, -0.2) is 12.8 Å². The van der Waals surface area contributed by atoms with Crippen molar-refractivity contribution < 1.29 is 12.8 Å². The van der Waals surface area contributed by atoms with Crippen LogP contribution >= 0.6 is 11.8 Å². The van der Waals surface area contributed by atoms with Gasteiger partial charge in [0.05, 0.1) is 4.90 Å². The van der Waals surface area contributed by atoms with Crippen LogP contribution in [0.1, 0.15) is 18.9 Å². The van der Waals surface area contributed by atoms with Crippen LogP contribution in [0.5, 0.6) is 0 Å². The van der Waals surface area contributed by atoms with Gasteiger partial charge in [0.2, 0.25) is 10.0 Å². The third kappa shape index (κ3) is 4.18. The van der Waals surface area contributed by atoms with E-state index < -0.39 is 15.8 Å². The first kappa shape index (κ1) is 16.7. The number of sulfonamides is 1. The van der Waals surface area contributed by atoms with Crippen molar-refractivity contribution in [2.24, 2.45) is 0 Å². The number of hydrogen-bond donors (Lipinski definition) is 1. The number of halogens is 1. The second kappa shape index (κ2) is 7.58. The van der Waals surface area contributed by atoms with E-state index in [1.165, 1.54) is 10.4 Å². The van der Waals surface area contributed by atoms with E-state index in [0.717, 1.165) is 30.5 Å². The maximum absolute atomic E-state index is 13.5. The SMILES string of the molecule is CCNCc1ccc(F)cc1S(=O)(=O)N1CCCSCC1. The summed E-state index contributed by atoms with van der Waals surface area (Å²) in [7, 11) is -3.63. The lowest BCUT2D eigenvalue weighted by Crippen LogP contribution is -2.34. The highest BCUT2D eigenvalue weighted by Gasteiger charge is 2.27. The number of thioether (sulfide) groups is 1. The molecule has 1 aliphatic rings. The zero-order chi connectivity index (χ0) is 15.3. The van der Waals surface area contributed by atoms with Crippen molar-refractivity contribution in [3.8, 4) is 0 Å². The average molecular weight is 332 g/mol. The number of rotatable bonds is 5. The molecule has 0 unspecified atom stereocenters. The standard InChI is InChI=1S/C14H21FN2O2S2/c1-2-16-11-12-4-5-13(15)10-14(12)21(18,19)17-6-3-8-20-9-7-17/h4-5,10,16H,2-3,6-9,11H2,1H3. The van der Waals surface area contributed by atoms with Gasteiger partial charge in [0.25, 0.3) is 0 Å². The second-order valence-electron chi connectivity index (χ2n) is 4.90. The van der Waals surface area contributed by atoms with Crippen molar-refractivity contribution in [1.29, 1.82) is 0 Å². The molecule has 0 radical (unpaired) electrons. The molecule has 4 nitrogen and oxygen atoms in total. The Morgan fingerprint density at radius 3 is 2.90 bits per heavy atom. The van der Waals surface area contributed by atoms with Crippen LogP contribution in [0.2, 0.25) is 0 Å². The van der Waals surface area contributed by atoms with Crippen LogP contribution < -0.4 is 5.32 Å². The van der Waals surface area contributed by atoms with Crippen LogP contribution in [0.25, 0.3) is 0 Å². The van der Waals surface area contributed by atoms with E-state index >= 15 is 0 Å². The van der Waals surface area contributed by atoms with Crippen molar-refractivity contribution in [3.05, 3.63) is 29.6 Å². The number of hydrogen-bond acceptors (Lipinski definition) is 4. The summed E-state index contributed by atoms with van der Waals surface area (Å²) in [5.41, 5.74) is 0.621. The summed E-state index contributed by atoms with van der Waals surface area (Å²) in [5.74, 6) is 1.24. The topological polar surface area (TPSA) is 49.4 Å². The number of nitrogens with zero attached hydrogens (tertiary/aromatic N) is 1. The van der Waals surface area contributed by atoms with E-state index in [2.05, 4.69) is 5.32 Å². The molecule has 0 atom stereocenters. The van der Waals surface area contributed by atoms with Crippen LogP contribution in [0.3, 0.4) is 0 Å². The summed E-state index contributed by atoms with van der Waals surface area (Å²) in [6, 6.07) is 4.00. The van der Waals surface area contributed by atoms with Crippen LogP contribution in [0.4, 0.5) is 4.39 Å². The van der Waals surface area contributed by atoms with Gasteiger partial charge in [0, 0.05) is 25.4 Å². The maximum atomic E-state index is 13.5. The largest absolute Gasteiger partial charge is 0.313 e. The van der Waals surface area contributed by atoms with Gasteiger partial charge in [-0.1, -0.05) is 13.0 Å². The molecule has 0 aliphatic carbocycles. The number of benzene rings is 1. The normalized spacial score (nSPS) is 17.6. The predicted molar refractivity (Wildman–Crippen MR) is 84.5 cm³/mol. The van der Waals surface area contributed by atoms with E-state index in [4.69, 9.17) is 0 Å². The van der Waals surface area contributed by atoms with Gasteiger partial charge in [-0.3, -0.25) is 0 Å². The lowest BCUT2D eigenvalue weighted by atomic mass is 10.2. The Labute approximate surface area is 130 Å². The molecule has 1 saturated heterocycles. The first-order valence-electron chi connectivity index (χ1n) is 7.12. The molecule has 1 aromatic carbocycles. The minimum absolute atomic E-state index is 0.0929. The fraction of sp³-hybridized carbons (Fsp3) is 0.571. The van der Waals surface area contributed by atoms with E-state index in [1.807, 2.05) is 6.92 Å². The molecule has 1 aliphatic heterocycles. The highest BCUT2D eigenvalue weighted by Crippen LogP contribution is 2.24. The monoisotopic (exact) mass is 332 g/mol. The summed E-state index contributed by atoms with van der Waals surface area (Å²) in [5, 5.41) is 3.10. The van der Waals surface area contributed by atoms with Crippen LogP contribution in [-0.2, 0) is 16.6 Å². The molecule has 1 aromatic rings. The quantitative estimate of drug-likeness (QED) is 0.897. The maximum Gasteiger partial charge on any atom is 0.243 e. The summed E-state index contributed by atoms with van der Waals surface area (Å²) < 4.78 is 40.6. The summed E-state index contributed by atoms with van der Waals surface area (Å²) in [6.07, 6.45) is 0.835. The number of nitrogens with one attached hydrogen (secondary N) is 1. The lowest BCUT2D eigenvalue weighted by Gasteiger charge is -2.21. The molecule has 7 heteroatoms. The first-order chi connectivity index (χ1) is 10.1. The smallest absolute Gasteiger partial charge is 0.243 e. The average Bonchev–Trinajstić information content (AvgIpc) is 2.75. The predicted octanol–water partition coefficient (Wildman–Crippen LogP) is 2.06. The third-order valence-electron chi connectivity index (χ3n) is 3.39. The summed E-state index contributed by atoms with van der Waals surface area (Å²) >= 11 is 1.76. The minimum atomic E-state index is -3.63. The Balaban J connectivity index is 2.35. The Hall–Kier alpha value is -0.630. The summed E-state index contributed by atoms with van der Waals surface area (Å²) in [6.45, 7) is 4.10. The van der Waals surface area contributed by atoms with Gasteiger partial charge in [-0.05, 0) is 36.4 Å². The van der Waals surface area contributed by atoms with Gasteiger partial charge < -0.3 is 5.32 Å². The molecule has 21 heavy (non-hydrogen) atoms. The molecule has 1 N–H and O–H groups in total. The molecular weight excluding hydrogens is 311 g/mol. The molecule has 0 saturated carbocycles. The Kier molecular flexibility index (Phi) is 6.04. The van der Waals surface area contributed by atoms with E-state index in [-0.39, 0.29) is 4.90 Å². The molecule has 0 spiro atoms. The fourth-order valence-corrected chi connectivity index (χ4v) is 4.99. The van der Waals surface area contributed by atoms with Crippen LogP contribution in [-0.4, -0.2) is 43.9 Å². The molecule has 0 bridgehead atoms. The van der Waals surface area contributed by atoms with E-state index in [0.29, 0.717) is 25.2 Å². The molecule has 0 amide bonds. The highest BCUT2D eigenvalue weighted by atomic mass is 32.2. The lowest BCUT2D eigenvalue weighted by molar-refractivity contribution is 0.433. The molecule has 1 heterocycles. The van der Waals surface area contributed by atoms with Gasteiger partial charge in [-0.2, -0.15) is 16.1 Å². The summed E-state index contributed by atoms with van der Waals surface area (Å²) in [4.78, 5) is 0.0929. The van der Waals surface area contributed by atoms with E-state index in [1.54, 1.807) is 17.8 Å². The van der Waals surface area contributed by atoms with Crippen molar-refractivity contribution in [2.75, 3.05) is 31.1 Å². The van der Waals surface area contributed by atoms with Crippen LogP contribution in [0, 0.1) is 5.82 Å². The molecule has 118 valence electrons. The first-order valence-corrected chi connectivity index (χ1v) is 9.72. The Bertz CT molecular complexity index is 570. The zero-order valence-electron chi connectivity index (χ0n) is 12.1. The van der Waals surface area contributed by atoms with Gasteiger partial charge in [0.15, 0.2) is 0 Å². The van der Waals surface area contributed by atoms with Crippen molar-refractivity contribution >= 4 is 21.8 Å². The highest BCUT2D eigenvalue weighted by molar-refractivity contribution is 7.99. The second-order valence-corrected chi connectivity index (χ2v) is 8.03. The Morgan fingerprint density at radius 2 is 2.14 bits per heavy atom. The van der Waals surface area contributed by atoms with Gasteiger partial charge >= 0.3 is 0 Å². The Morgan fingerprint density at radius 1 is 1.33 bits per heavy atom. The van der Waals surface area contributed by atoms with Crippen molar-refractivity contribution in [3.63, 3.8) is 0 Å². The van der Waals surface area contributed by atoms with Gasteiger partial charge in [-0.15, -0.1) is 0 Å². The zero-order valence-corrected chi connectivity index (χ0v) is 13.8. The molecule has 1 fully saturated rings. The molecular formula is C14H21FN2O2S2. The third-order valence-corrected chi connectivity index (χ3v) is 6.42. The van der Waals surface area contributed by atoms with E-state index in [9.17, 15) is 12.8 Å². The van der Waals surface area contributed by atoms with Crippen LogP contribution in [0.15, 0.2) is 23.1 Å². The molecule has 0 aromatic heterocycles. The van der Waals surface area contributed by atoms with Crippen molar-refractivity contribution in [1.82, 2.24) is 9.62 Å². The van der Waals surface area contributed by atoms with Crippen molar-refractivity contribution in [2.45, 2.75) is 24.8 Å². The fourth-order valence-electron chi connectivity index (χ4n) is 2.28.